The maximum absolute atomic E-state index is 13.1. The van der Waals surface area contributed by atoms with Gasteiger partial charge in [-0.25, -0.2) is 0 Å². The molecular weight excluding hydrogens is 510 g/mol. The second-order valence-electron chi connectivity index (χ2n) is 10.9. The van der Waals surface area contributed by atoms with Crippen LogP contribution in [-0.4, -0.2) is 82.3 Å². The lowest BCUT2D eigenvalue weighted by atomic mass is 10.0. The van der Waals surface area contributed by atoms with E-state index >= 15 is 0 Å². The second kappa shape index (κ2) is 12.6. The third-order valence-electron chi connectivity index (χ3n) is 8.07. The van der Waals surface area contributed by atoms with E-state index in [-0.39, 0.29) is 24.7 Å². The molecule has 212 valence electrons. The largest absolute Gasteiger partial charge is 0.481 e. The van der Waals surface area contributed by atoms with Gasteiger partial charge in [0.1, 0.15) is 6.04 Å². The number of fused-ring (bicyclic) bond motifs is 1. The van der Waals surface area contributed by atoms with Crippen LogP contribution in [-0.2, 0) is 34.0 Å². The molecule has 0 aliphatic carbocycles. The van der Waals surface area contributed by atoms with Crippen molar-refractivity contribution in [2.45, 2.75) is 57.8 Å². The van der Waals surface area contributed by atoms with Crippen molar-refractivity contribution in [3.05, 3.63) is 64.7 Å². The number of aliphatic carboxylic acids is 1. The fraction of sp³-hybridized carbons (Fsp3) is 0.467. The Morgan fingerprint density at radius 2 is 1.68 bits per heavy atom. The lowest BCUT2D eigenvalue weighted by molar-refractivity contribution is -0.138. The van der Waals surface area contributed by atoms with Crippen molar-refractivity contribution in [1.29, 1.82) is 0 Å². The van der Waals surface area contributed by atoms with Gasteiger partial charge < -0.3 is 20.2 Å². The Hall–Kier alpha value is -3.76. The van der Waals surface area contributed by atoms with E-state index in [0.717, 1.165) is 68.9 Å². The Morgan fingerprint density at radius 3 is 2.40 bits per heavy atom. The molecule has 1 unspecified atom stereocenters. The van der Waals surface area contributed by atoms with Gasteiger partial charge in [0.2, 0.25) is 11.8 Å². The number of amides is 3. The highest BCUT2D eigenvalue weighted by molar-refractivity contribution is 6.06. The quantitative estimate of drug-likeness (QED) is 0.290. The minimum absolute atomic E-state index is 0.170. The molecule has 40 heavy (non-hydrogen) atoms. The lowest BCUT2D eigenvalue weighted by Gasteiger charge is -2.34. The molecule has 0 spiro atoms. The molecule has 0 aromatic heterocycles. The molecule has 2 aromatic carbocycles. The monoisotopic (exact) mass is 547 g/mol. The lowest BCUT2D eigenvalue weighted by Crippen LogP contribution is -2.52. The number of piperazine rings is 1. The molecule has 10 heteroatoms. The minimum Gasteiger partial charge on any atom is -0.481 e. The summed E-state index contributed by atoms with van der Waals surface area (Å²) in [7, 11) is 0. The van der Waals surface area contributed by atoms with Crippen LogP contribution in [0.1, 0.15) is 59.2 Å². The standard InChI is InChI=1S/C30H37N5O5/c36-27-12-11-26(29(39)32-27)35-20-24-23(30(35)40)4-3-5-25(24)31-18-21-7-9-22(10-8-21)19-34-16-14-33(15-17-34)13-2-1-6-28(37)38/h3-5,7-10,26,31H,1-2,6,11-20H2,(H,37,38)(H,32,36,39). The highest BCUT2D eigenvalue weighted by Crippen LogP contribution is 2.32. The van der Waals surface area contributed by atoms with Crippen molar-refractivity contribution in [1.82, 2.24) is 20.0 Å². The van der Waals surface area contributed by atoms with Gasteiger partial charge >= 0.3 is 5.97 Å². The van der Waals surface area contributed by atoms with Crippen LogP contribution in [0.5, 0.6) is 0 Å². The van der Waals surface area contributed by atoms with Gasteiger partial charge in [0.05, 0.1) is 0 Å². The van der Waals surface area contributed by atoms with Crippen molar-refractivity contribution in [2.75, 3.05) is 38.0 Å². The summed E-state index contributed by atoms with van der Waals surface area (Å²) in [6.45, 7) is 6.88. The normalized spacial score (nSPS) is 19.9. The zero-order chi connectivity index (χ0) is 28.1. The fourth-order valence-electron chi connectivity index (χ4n) is 5.75. The van der Waals surface area contributed by atoms with Crippen LogP contribution in [0, 0.1) is 0 Å². The van der Waals surface area contributed by atoms with E-state index < -0.39 is 17.9 Å². The number of carboxylic acids is 1. The van der Waals surface area contributed by atoms with Gasteiger partial charge in [-0.1, -0.05) is 30.3 Å². The second-order valence-corrected chi connectivity index (χ2v) is 10.9. The van der Waals surface area contributed by atoms with E-state index in [1.807, 2.05) is 12.1 Å². The Bertz CT molecular complexity index is 1260. The summed E-state index contributed by atoms with van der Waals surface area (Å²) in [5.41, 5.74) is 4.77. The number of carbonyl (C=O) groups excluding carboxylic acids is 3. The predicted octanol–water partition coefficient (Wildman–Crippen LogP) is 2.43. The number of unbranched alkanes of at least 4 members (excludes halogenated alkanes) is 1. The summed E-state index contributed by atoms with van der Waals surface area (Å²) in [6.07, 6.45) is 2.51. The molecule has 1 atom stereocenters. The van der Waals surface area contributed by atoms with Crippen LogP contribution < -0.4 is 10.6 Å². The predicted molar refractivity (Wildman–Crippen MR) is 149 cm³/mol. The number of imide groups is 1. The SMILES string of the molecule is O=C(O)CCCCN1CCN(Cc2ccc(CNc3cccc4c3CN(C3CCC(=O)NC3=O)C4=O)cc2)CC1. The van der Waals surface area contributed by atoms with Crippen LogP contribution in [0.15, 0.2) is 42.5 Å². The first-order chi connectivity index (χ1) is 19.4. The Morgan fingerprint density at radius 1 is 0.950 bits per heavy atom. The number of nitrogens with one attached hydrogen (secondary N) is 2. The number of hydrogen-bond acceptors (Lipinski definition) is 7. The average molecular weight is 548 g/mol. The first-order valence-corrected chi connectivity index (χ1v) is 14.1. The molecular formula is C30H37N5O5. The van der Waals surface area contributed by atoms with E-state index in [0.29, 0.717) is 25.1 Å². The van der Waals surface area contributed by atoms with Gasteiger partial charge in [0.25, 0.3) is 5.91 Å². The maximum Gasteiger partial charge on any atom is 0.303 e. The number of rotatable bonds is 11. The Kier molecular flexibility index (Phi) is 8.76. The summed E-state index contributed by atoms with van der Waals surface area (Å²) in [4.78, 5) is 54.1. The highest BCUT2D eigenvalue weighted by Gasteiger charge is 2.39. The van der Waals surface area contributed by atoms with E-state index in [9.17, 15) is 19.2 Å². The smallest absolute Gasteiger partial charge is 0.303 e. The Balaban J connectivity index is 1.10. The Labute approximate surface area is 234 Å². The number of hydrogen-bond donors (Lipinski definition) is 3. The first-order valence-electron chi connectivity index (χ1n) is 14.1. The molecule has 3 heterocycles. The minimum atomic E-state index is -0.718. The molecule has 10 nitrogen and oxygen atoms in total. The van der Waals surface area contributed by atoms with E-state index in [2.05, 4.69) is 44.7 Å². The topological polar surface area (TPSA) is 122 Å². The number of carboxylic acid groups (broad SMARTS) is 1. The van der Waals surface area contributed by atoms with Gasteiger partial charge in [-0.15, -0.1) is 0 Å². The summed E-state index contributed by atoms with van der Waals surface area (Å²) < 4.78 is 0. The van der Waals surface area contributed by atoms with Gasteiger partial charge in [0.15, 0.2) is 0 Å². The van der Waals surface area contributed by atoms with Crippen LogP contribution >= 0.6 is 0 Å². The number of nitrogens with zero attached hydrogens (tertiary/aromatic N) is 3. The summed E-state index contributed by atoms with van der Waals surface area (Å²) in [6, 6.07) is 13.6. The summed E-state index contributed by atoms with van der Waals surface area (Å²) in [5.74, 6) is -1.58. The van der Waals surface area contributed by atoms with Gasteiger partial charge in [0, 0.05) is 75.5 Å². The van der Waals surface area contributed by atoms with Crippen LogP contribution in [0.2, 0.25) is 0 Å². The molecule has 0 saturated carbocycles. The summed E-state index contributed by atoms with van der Waals surface area (Å²) >= 11 is 0. The van der Waals surface area contributed by atoms with Gasteiger partial charge in [-0.3, -0.25) is 29.4 Å². The molecule has 3 amide bonds. The molecule has 2 saturated heterocycles. The van der Waals surface area contributed by atoms with Crippen molar-refractivity contribution in [2.24, 2.45) is 0 Å². The van der Waals surface area contributed by atoms with Crippen LogP contribution in [0.25, 0.3) is 0 Å². The number of anilines is 1. The van der Waals surface area contributed by atoms with Crippen molar-refractivity contribution in [3.63, 3.8) is 0 Å². The van der Waals surface area contributed by atoms with Crippen LogP contribution in [0.3, 0.4) is 0 Å². The third-order valence-corrected chi connectivity index (χ3v) is 8.07. The van der Waals surface area contributed by atoms with Gasteiger partial charge in [-0.2, -0.15) is 0 Å². The molecule has 2 aromatic rings. The van der Waals surface area contributed by atoms with E-state index in [4.69, 9.17) is 5.11 Å². The average Bonchev–Trinajstić information content (AvgIpc) is 3.28. The van der Waals surface area contributed by atoms with E-state index in [1.165, 1.54) is 5.56 Å². The fourth-order valence-corrected chi connectivity index (χ4v) is 5.75. The molecule has 2 fully saturated rings. The zero-order valence-corrected chi connectivity index (χ0v) is 22.7. The molecule has 3 aliphatic rings. The molecule has 0 bridgehead atoms. The first kappa shape index (κ1) is 27.8. The molecule has 3 aliphatic heterocycles. The van der Waals surface area contributed by atoms with Crippen molar-refractivity contribution in [3.8, 4) is 0 Å². The highest BCUT2D eigenvalue weighted by atomic mass is 16.4. The number of benzene rings is 2. The molecule has 0 radical (unpaired) electrons. The summed E-state index contributed by atoms with van der Waals surface area (Å²) in [5, 5.41) is 14.6. The molecule has 3 N–H and O–H groups in total. The van der Waals surface area contributed by atoms with Crippen LogP contribution in [0.4, 0.5) is 5.69 Å². The molecule has 5 rings (SSSR count). The van der Waals surface area contributed by atoms with Crippen molar-refractivity contribution < 1.29 is 24.3 Å². The zero-order valence-electron chi connectivity index (χ0n) is 22.7. The van der Waals surface area contributed by atoms with E-state index in [1.54, 1.807) is 11.0 Å². The van der Waals surface area contributed by atoms with Crippen molar-refractivity contribution >= 4 is 29.4 Å². The number of carbonyl (C=O) groups is 4. The maximum atomic E-state index is 13.1. The van der Waals surface area contributed by atoms with Gasteiger partial charge in [-0.05, 0) is 49.1 Å². The number of piperidine rings is 1. The third kappa shape index (κ3) is 6.68.